The first kappa shape index (κ1) is 16.4. The molecule has 0 saturated heterocycles. The van der Waals surface area contributed by atoms with E-state index in [0.29, 0.717) is 10.8 Å². The van der Waals surface area contributed by atoms with E-state index in [0.717, 1.165) is 36.5 Å². The number of methoxy groups -OCH3 is 2. The molecule has 2 nitrogen and oxygen atoms in total. The minimum Gasteiger partial charge on any atom is -0.353 e. The van der Waals surface area contributed by atoms with Crippen LogP contribution < -0.4 is 0 Å². The summed E-state index contributed by atoms with van der Waals surface area (Å²) in [6.07, 6.45) is 13.8. The van der Waals surface area contributed by atoms with Crippen LogP contribution in [0, 0.1) is 34.5 Å². The van der Waals surface area contributed by atoms with E-state index < -0.39 is 0 Å². The molecule has 132 valence electrons. The summed E-state index contributed by atoms with van der Waals surface area (Å²) in [5, 5.41) is 0. The molecule has 0 unspecified atom stereocenters. The van der Waals surface area contributed by atoms with Gasteiger partial charge in [0.25, 0.3) is 0 Å². The van der Waals surface area contributed by atoms with Crippen molar-refractivity contribution in [3.8, 4) is 0 Å². The van der Waals surface area contributed by atoms with Crippen LogP contribution in [-0.2, 0) is 9.47 Å². The fourth-order valence-electron chi connectivity index (χ4n) is 7.64. The molecule has 6 atom stereocenters. The summed E-state index contributed by atoms with van der Waals surface area (Å²) in [5.74, 6) is 3.49. The van der Waals surface area contributed by atoms with Crippen molar-refractivity contribution < 1.29 is 9.47 Å². The molecule has 4 aliphatic carbocycles. The fourth-order valence-corrected chi connectivity index (χ4v) is 7.64. The van der Waals surface area contributed by atoms with Gasteiger partial charge in [0, 0.05) is 27.1 Å². The topological polar surface area (TPSA) is 18.5 Å². The summed E-state index contributed by atoms with van der Waals surface area (Å²) in [6, 6.07) is 0. The molecular weight excluding hydrogens is 284 g/mol. The molecule has 4 fully saturated rings. The summed E-state index contributed by atoms with van der Waals surface area (Å²) < 4.78 is 11.6. The van der Waals surface area contributed by atoms with Gasteiger partial charge < -0.3 is 9.47 Å². The van der Waals surface area contributed by atoms with Gasteiger partial charge in [-0.2, -0.15) is 0 Å². The molecule has 23 heavy (non-hydrogen) atoms. The van der Waals surface area contributed by atoms with Crippen molar-refractivity contribution >= 4 is 0 Å². The van der Waals surface area contributed by atoms with Gasteiger partial charge in [0.05, 0.1) is 0 Å². The molecule has 0 bridgehead atoms. The Kier molecular flexibility index (Phi) is 3.89. The summed E-state index contributed by atoms with van der Waals surface area (Å²) in [4.78, 5) is 0. The molecule has 0 spiro atoms. The van der Waals surface area contributed by atoms with Gasteiger partial charge in [-0.15, -0.1) is 0 Å². The highest BCUT2D eigenvalue weighted by Gasteiger charge is 2.59. The lowest BCUT2D eigenvalue weighted by molar-refractivity contribution is -0.261. The van der Waals surface area contributed by atoms with Gasteiger partial charge in [0.15, 0.2) is 5.79 Å². The smallest absolute Gasteiger partial charge is 0.167 e. The van der Waals surface area contributed by atoms with Gasteiger partial charge in [-0.3, -0.25) is 0 Å². The zero-order valence-electron chi connectivity index (χ0n) is 15.7. The average molecular weight is 321 g/mol. The minimum atomic E-state index is -0.298. The van der Waals surface area contributed by atoms with E-state index in [1.807, 2.05) is 14.2 Å². The number of hydrogen-bond acceptors (Lipinski definition) is 2. The molecular formula is C21H36O2. The van der Waals surface area contributed by atoms with Crippen LogP contribution in [0.3, 0.4) is 0 Å². The normalized spacial score (nSPS) is 51.7. The molecule has 4 saturated carbocycles. The Morgan fingerprint density at radius 2 is 1.57 bits per heavy atom. The van der Waals surface area contributed by atoms with Crippen LogP contribution in [0.25, 0.3) is 0 Å². The van der Waals surface area contributed by atoms with Crippen LogP contribution in [0.4, 0.5) is 0 Å². The Balaban J connectivity index is 1.59. The second kappa shape index (κ2) is 5.46. The molecule has 0 radical (unpaired) electrons. The molecule has 0 heterocycles. The molecule has 0 aromatic carbocycles. The highest BCUT2D eigenvalue weighted by Crippen LogP contribution is 2.67. The van der Waals surface area contributed by atoms with Crippen molar-refractivity contribution in [2.75, 3.05) is 14.2 Å². The van der Waals surface area contributed by atoms with Gasteiger partial charge in [0.2, 0.25) is 0 Å². The van der Waals surface area contributed by atoms with E-state index in [-0.39, 0.29) is 5.79 Å². The molecule has 0 N–H and O–H groups in total. The lowest BCUT2D eigenvalue weighted by atomic mass is 9.45. The van der Waals surface area contributed by atoms with Crippen LogP contribution in [0.2, 0.25) is 0 Å². The molecule has 0 aliphatic heterocycles. The predicted molar refractivity (Wildman–Crippen MR) is 93.1 cm³/mol. The molecule has 4 rings (SSSR count). The Bertz CT molecular complexity index is 457. The molecule has 0 aromatic heterocycles. The number of hydrogen-bond donors (Lipinski definition) is 0. The molecule has 0 amide bonds. The maximum atomic E-state index is 5.82. The first-order valence-corrected chi connectivity index (χ1v) is 10.1. The van der Waals surface area contributed by atoms with Crippen LogP contribution in [0.1, 0.15) is 78.1 Å². The second-order valence-electron chi connectivity index (χ2n) is 9.76. The summed E-state index contributed by atoms with van der Waals surface area (Å²) in [7, 11) is 3.67. The third-order valence-corrected chi connectivity index (χ3v) is 9.19. The average Bonchev–Trinajstić information content (AvgIpc) is 2.96. The van der Waals surface area contributed by atoms with Crippen LogP contribution in [0.5, 0.6) is 0 Å². The lowest BCUT2D eigenvalue weighted by Crippen LogP contribution is -2.56. The van der Waals surface area contributed by atoms with Gasteiger partial charge in [0.1, 0.15) is 0 Å². The van der Waals surface area contributed by atoms with Crippen molar-refractivity contribution in [2.24, 2.45) is 34.5 Å². The van der Waals surface area contributed by atoms with Crippen LogP contribution in [-0.4, -0.2) is 20.0 Å². The zero-order valence-corrected chi connectivity index (χ0v) is 15.7. The highest BCUT2D eigenvalue weighted by molar-refractivity contribution is 5.08. The summed E-state index contributed by atoms with van der Waals surface area (Å²) >= 11 is 0. The first-order chi connectivity index (χ1) is 11.0. The van der Waals surface area contributed by atoms with Crippen molar-refractivity contribution in [3.05, 3.63) is 0 Å². The van der Waals surface area contributed by atoms with E-state index in [2.05, 4.69) is 13.8 Å². The Hall–Kier alpha value is -0.0800. The Morgan fingerprint density at radius 3 is 2.30 bits per heavy atom. The zero-order chi connectivity index (χ0) is 16.3. The summed E-state index contributed by atoms with van der Waals surface area (Å²) in [5.41, 5.74) is 1.22. The second-order valence-corrected chi connectivity index (χ2v) is 9.76. The number of ether oxygens (including phenoxy) is 2. The molecule has 4 aliphatic rings. The maximum Gasteiger partial charge on any atom is 0.167 e. The highest BCUT2D eigenvalue weighted by atomic mass is 16.7. The number of rotatable bonds is 2. The van der Waals surface area contributed by atoms with Gasteiger partial charge in [-0.25, -0.2) is 0 Å². The third kappa shape index (κ3) is 2.27. The van der Waals surface area contributed by atoms with Crippen molar-refractivity contribution in [2.45, 2.75) is 83.8 Å². The van der Waals surface area contributed by atoms with Crippen molar-refractivity contribution in [1.29, 1.82) is 0 Å². The van der Waals surface area contributed by atoms with E-state index in [9.17, 15) is 0 Å². The first-order valence-electron chi connectivity index (χ1n) is 10.1. The van der Waals surface area contributed by atoms with E-state index in [4.69, 9.17) is 9.47 Å². The van der Waals surface area contributed by atoms with Gasteiger partial charge >= 0.3 is 0 Å². The van der Waals surface area contributed by atoms with Crippen molar-refractivity contribution in [1.82, 2.24) is 0 Å². The van der Waals surface area contributed by atoms with E-state index in [1.54, 1.807) is 0 Å². The van der Waals surface area contributed by atoms with Gasteiger partial charge in [-0.05, 0) is 79.4 Å². The Labute approximate surface area is 142 Å². The monoisotopic (exact) mass is 320 g/mol. The quantitative estimate of drug-likeness (QED) is 0.633. The molecule has 0 aromatic rings. The number of fused-ring (bicyclic) bond motifs is 5. The van der Waals surface area contributed by atoms with Gasteiger partial charge in [-0.1, -0.05) is 20.3 Å². The van der Waals surface area contributed by atoms with E-state index in [1.165, 1.54) is 51.4 Å². The minimum absolute atomic E-state index is 0.298. The SMILES string of the molecule is COC1(OC)CC[C@@]2(C)[C@@H](CC[C@H]3[C@@H]4CCC[C@@]4(C)CC[C@@H]32)C1. The fraction of sp³-hybridized carbons (Fsp3) is 1.00. The van der Waals surface area contributed by atoms with Crippen LogP contribution >= 0.6 is 0 Å². The lowest BCUT2D eigenvalue weighted by Gasteiger charge is -2.61. The largest absolute Gasteiger partial charge is 0.353 e. The Morgan fingerprint density at radius 1 is 0.783 bits per heavy atom. The standard InChI is InChI=1S/C21H36O2/c1-19-10-5-6-17(19)16-8-7-15-14-21(22-3,23-4)13-12-20(15,2)18(16)9-11-19/h15-18H,5-14H2,1-4H3/t15-,16-,17-,18-,19-,20-/m0/s1. The summed E-state index contributed by atoms with van der Waals surface area (Å²) in [6.45, 7) is 5.23. The van der Waals surface area contributed by atoms with Crippen LogP contribution in [0.15, 0.2) is 0 Å². The third-order valence-electron chi connectivity index (χ3n) is 9.19. The van der Waals surface area contributed by atoms with E-state index >= 15 is 0 Å². The molecule has 2 heteroatoms. The van der Waals surface area contributed by atoms with Crippen molar-refractivity contribution in [3.63, 3.8) is 0 Å². The maximum absolute atomic E-state index is 5.82. The predicted octanol–water partition coefficient (Wildman–Crippen LogP) is 5.41.